The van der Waals surface area contributed by atoms with E-state index in [0.717, 1.165) is 18.3 Å². The van der Waals surface area contributed by atoms with Crippen LogP contribution in [0.3, 0.4) is 0 Å². The average Bonchev–Trinajstić information content (AvgIpc) is 2.75. The van der Waals surface area contributed by atoms with Crippen molar-refractivity contribution in [3.63, 3.8) is 0 Å². The molecule has 180 valence electrons. The highest BCUT2D eigenvalue weighted by molar-refractivity contribution is 7.92. The van der Waals surface area contributed by atoms with Crippen LogP contribution >= 0.6 is 0 Å². The number of nitrogens with zero attached hydrogens (tertiary/aromatic N) is 2. The van der Waals surface area contributed by atoms with E-state index in [2.05, 4.69) is 4.98 Å². The summed E-state index contributed by atoms with van der Waals surface area (Å²) >= 11 is 0. The number of hydrogen-bond acceptors (Lipinski definition) is 5. The number of aliphatic hydroxyl groups excluding tert-OH is 1. The number of carbonyl (C=O) groups is 1. The van der Waals surface area contributed by atoms with Crippen LogP contribution in [0.25, 0.3) is 0 Å². The maximum Gasteiger partial charge on any atom is 0.497 e. The van der Waals surface area contributed by atoms with Crippen LogP contribution in [0.2, 0.25) is 0 Å². The lowest BCUT2D eigenvalue weighted by Crippen LogP contribution is -2.38. The highest BCUT2D eigenvalue weighted by atomic mass is 32.2. The number of aromatic nitrogens is 1. The van der Waals surface area contributed by atoms with Crippen LogP contribution in [0.4, 0.5) is 26.3 Å². The molecular formula is C20H18F6N2O4S. The van der Waals surface area contributed by atoms with Gasteiger partial charge in [0.25, 0.3) is 0 Å². The average molecular weight is 496 g/mol. The lowest BCUT2D eigenvalue weighted by molar-refractivity contribution is -0.141. The van der Waals surface area contributed by atoms with Crippen LogP contribution in [0, 0.1) is 0 Å². The van der Waals surface area contributed by atoms with E-state index in [-0.39, 0.29) is 25.1 Å². The summed E-state index contributed by atoms with van der Waals surface area (Å²) in [6.07, 6.45) is -5.59. The van der Waals surface area contributed by atoms with E-state index in [0.29, 0.717) is 16.7 Å². The van der Waals surface area contributed by atoms with E-state index in [9.17, 15) is 44.7 Å². The molecule has 13 heteroatoms. The summed E-state index contributed by atoms with van der Waals surface area (Å²) in [5.41, 5.74) is -4.76. The van der Waals surface area contributed by atoms with Gasteiger partial charge in [-0.3, -0.25) is 9.78 Å². The zero-order chi connectivity index (χ0) is 24.6. The summed E-state index contributed by atoms with van der Waals surface area (Å²) in [5.74, 6) is -2.11. The topological polar surface area (TPSA) is 87.6 Å². The second-order valence-electron chi connectivity index (χ2n) is 7.44. The molecule has 0 saturated carbocycles. The van der Waals surface area contributed by atoms with Crippen LogP contribution in [-0.2, 0) is 33.8 Å². The van der Waals surface area contributed by atoms with Gasteiger partial charge in [0, 0.05) is 31.3 Å². The molecular weight excluding hydrogens is 478 g/mol. The summed E-state index contributed by atoms with van der Waals surface area (Å²) in [6, 6.07) is 6.65. The number of alkyl halides is 6. The van der Waals surface area contributed by atoms with Gasteiger partial charge < -0.3 is 10.0 Å². The molecule has 1 unspecified atom stereocenters. The van der Waals surface area contributed by atoms with Crippen molar-refractivity contribution in [3.8, 4) is 0 Å². The van der Waals surface area contributed by atoms with Crippen LogP contribution in [0.1, 0.15) is 40.5 Å². The molecule has 1 aromatic heterocycles. The molecule has 33 heavy (non-hydrogen) atoms. The van der Waals surface area contributed by atoms with Gasteiger partial charge in [-0.1, -0.05) is 24.3 Å². The predicted octanol–water partition coefficient (Wildman–Crippen LogP) is 3.39. The van der Waals surface area contributed by atoms with Crippen molar-refractivity contribution in [1.29, 1.82) is 0 Å². The minimum atomic E-state index is -5.43. The lowest BCUT2D eigenvalue weighted by atomic mass is 9.89. The van der Waals surface area contributed by atoms with E-state index < -0.39 is 51.4 Å². The van der Waals surface area contributed by atoms with E-state index in [1.54, 1.807) is 18.2 Å². The number of rotatable bonds is 5. The summed E-state index contributed by atoms with van der Waals surface area (Å²) < 4.78 is 97.9. The Kier molecular flexibility index (Phi) is 6.76. The Morgan fingerprint density at radius 1 is 1.12 bits per heavy atom. The van der Waals surface area contributed by atoms with Crippen molar-refractivity contribution in [1.82, 2.24) is 9.88 Å². The van der Waals surface area contributed by atoms with Crippen molar-refractivity contribution >= 4 is 15.7 Å². The number of fused-ring (bicyclic) bond motifs is 1. The zero-order valence-electron chi connectivity index (χ0n) is 16.8. The summed E-state index contributed by atoms with van der Waals surface area (Å²) in [5, 5.41) is 10.7. The molecule has 0 aliphatic carbocycles. The number of amides is 1. The summed E-state index contributed by atoms with van der Waals surface area (Å²) in [4.78, 5) is 16.8. The van der Waals surface area contributed by atoms with Crippen molar-refractivity contribution in [2.75, 3.05) is 12.3 Å². The summed E-state index contributed by atoms with van der Waals surface area (Å²) in [7, 11) is -5.41. The van der Waals surface area contributed by atoms with Crippen LogP contribution in [0.15, 0.2) is 36.5 Å². The number of hydrogen-bond donors (Lipinski definition) is 1. The van der Waals surface area contributed by atoms with Gasteiger partial charge in [-0.15, -0.1) is 0 Å². The quantitative estimate of drug-likeness (QED) is 0.642. The molecule has 0 radical (unpaired) electrons. The van der Waals surface area contributed by atoms with Crippen molar-refractivity contribution in [2.45, 2.75) is 37.2 Å². The molecule has 0 bridgehead atoms. The fourth-order valence-electron chi connectivity index (χ4n) is 3.52. The Bertz CT molecular complexity index is 1130. The van der Waals surface area contributed by atoms with Gasteiger partial charge in [-0.2, -0.15) is 26.3 Å². The van der Waals surface area contributed by atoms with Crippen LogP contribution in [-0.4, -0.2) is 47.1 Å². The SMILES string of the molecule is O=C(CCS(=O)(=O)C(F)(F)F)N1CCc2c(cccc2C(O)c2ccc(C(F)(F)F)nc2)C1. The molecule has 1 aliphatic rings. The Morgan fingerprint density at radius 3 is 2.39 bits per heavy atom. The molecule has 1 atom stereocenters. The number of halogens is 6. The second-order valence-corrected chi connectivity index (χ2v) is 9.54. The normalized spacial score (nSPS) is 15.8. The molecule has 1 aliphatic heterocycles. The number of pyridine rings is 1. The second kappa shape index (κ2) is 8.93. The third kappa shape index (κ3) is 5.46. The predicted molar refractivity (Wildman–Crippen MR) is 103 cm³/mol. The van der Waals surface area contributed by atoms with Crippen molar-refractivity contribution in [3.05, 3.63) is 64.5 Å². The van der Waals surface area contributed by atoms with Gasteiger partial charge in [0.2, 0.25) is 15.7 Å². The molecule has 1 amide bonds. The first-order valence-corrected chi connectivity index (χ1v) is 11.2. The monoisotopic (exact) mass is 496 g/mol. The molecule has 1 aromatic carbocycles. The third-order valence-corrected chi connectivity index (χ3v) is 6.73. The molecule has 0 fully saturated rings. The highest BCUT2D eigenvalue weighted by Crippen LogP contribution is 2.33. The highest BCUT2D eigenvalue weighted by Gasteiger charge is 2.45. The molecule has 3 rings (SSSR count). The largest absolute Gasteiger partial charge is 0.497 e. The maximum atomic E-state index is 12.7. The van der Waals surface area contributed by atoms with Crippen LogP contribution in [0.5, 0.6) is 0 Å². The number of carbonyl (C=O) groups excluding carboxylic acids is 1. The molecule has 0 saturated heterocycles. The molecule has 2 heterocycles. The van der Waals surface area contributed by atoms with E-state index in [1.807, 2.05) is 0 Å². The number of aliphatic hydroxyl groups is 1. The maximum absolute atomic E-state index is 12.7. The number of benzene rings is 1. The van der Waals surface area contributed by atoms with Gasteiger partial charge in [-0.05, 0) is 29.2 Å². The van der Waals surface area contributed by atoms with E-state index in [4.69, 9.17) is 0 Å². The molecule has 6 nitrogen and oxygen atoms in total. The smallest absolute Gasteiger partial charge is 0.384 e. The van der Waals surface area contributed by atoms with Gasteiger partial charge in [0.05, 0.1) is 5.75 Å². The third-order valence-electron chi connectivity index (χ3n) is 5.28. The van der Waals surface area contributed by atoms with E-state index in [1.165, 1.54) is 4.90 Å². The molecule has 0 spiro atoms. The van der Waals surface area contributed by atoms with Gasteiger partial charge in [0.15, 0.2) is 0 Å². The Hall–Kier alpha value is -2.67. The first-order chi connectivity index (χ1) is 15.2. The molecule has 2 aromatic rings. The van der Waals surface area contributed by atoms with Gasteiger partial charge in [0.1, 0.15) is 11.8 Å². The first-order valence-electron chi connectivity index (χ1n) is 9.59. The van der Waals surface area contributed by atoms with E-state index >= 15 is 0 Å². The summed E-state index contributed by atoms with van der Waals surface area (Å²) in [6.45, 7) is 0.0684. The van der Waals surface area contributed by atoms with Crippen molar-refractivity contribution < 1.29 is 44.7 Å². The minimum absolute atomic E-state index is 0.00788. The fraction of sp³-hybridized carbons (Fsp3) is 0.400. The first kappa shape index (κ1) is 25.0. The Morgan fingerprint density at radius 2 is 1.82 bits per heavy atom. The lowest BCUT2D eigenvalue weighted by Gasteiger charge is -2.31. The molecule has 1 N–H and O–H groups in total. The zero-order valence-corrected chi connectivity index (χ0v) is 17.6. The van der Waals surface area contributed by atoms with Gasteiger partial charge >= 0.3 is 11.7 Å². The van der Waals surface area contributed by atoms with Gasteiger partial charge in [-0.25, -0.2) is 8.42 Å². The number of sulfone groups is 1. The Balaban J connectivity index is 1.74. The standard InChI is InChI=1S/C20H18F6N2O4S/c21-19(22,23)16-5-4-12(10-27-16)18(30)15-3-1-2-13-11-28(8-6-14(13)15)17(29)7-9-33(31,32)20(24,25)26/h1-5,10,18,30H,6-9,11H2. The van der Waals surface area contributed by atoms with Crippen LogP contribution < -0.4 is 0 Å². The fourth-order valence-corrected chi connectivity index (χ4v) is 4.19. The minimum Gasteiger partial charge on any atom is -0.384 e. The Labute approximate surface area is 184 Å². The van der Waals surface area contributed by atoms with Crippen molar-refractivity contribution in [2.24, 2.45) is 0 Å².